The number of benzene rings is 2. The molecule has 2 aromatic carbocycles. The van der Waals surface area contributed by atoms with Crippen molar-refractivity contribution in [1.29, 1.82) is 0 Å². The van der Waals surface area contributed by atoms with Gasteiger partial charge in [-0.25, -0.2) is 4.79 Å². The molecule has 0 aromatic heterocycles. The molecule has 5 heteroatoms. The quantitative estimate of drug-likeness (QED) is 0.868. The Bertz CT molecular complexity index is 1010. The van der Waals surface area contributed by atoms with Crippen LogP contribution in [0.25, 0.3) is 0 Å². The molecule has 2 aliphatic heterocycles. The van der Waals surface area contributed by atoms with E-state index in [1.165, 1.54) is 11.1 Å². The van der Waals surface area contributed by atoms with E-state index in [-0.39, 0.29) is 11.9 Å². The van der Waals surface area contributed by atoms with E-state index in [1.807, 2.05) is 30.0 Å². The van der Waals surface area contributed by atoms with Crippen molar-refractivity contribution in [2.24, 2.45) is 0 Å². The van der Waals surface area contributed by atoms with E-state index in [0.29, 0.717) is 18.7 Å². The third kappa shape index (κ3) is 3.41. The Balaban J connectivity index is 1.65. The second-order valence-corrected chi connectivity index (χ2v) is 8.06. The molecular formula is C24H27N3O2. The van der Waals surface area contributed by atoms with Crippen molar-refractivity contribution in [3.63, 3.8) is 0 Å². The summed E-state index contributed by atoms with van der Waals surface area (Å²) >= 11 is 0. The van der Waals surface area contributed by atoms with Gasteiger partial charge < -0.3 is 10.2 Å². The molecule has 0 aliphatic carbocycles. The maximum Gasteiger partial charge on any atom is 0.322 e. The number of carbonyl (C=O) groups is 2. The topological polar surface area (TPSA) is 52.7 Å². The fraction of sp³-hybridized carbons (Fsp3) is 0.333. The third-order valence-electron chi connectivity index (χ3n) is 6.14. The largest absolute Gasteiger partial charge is 0.333 e. The second-order valence-electron chi connectivity index (χ2n) is 8.06. The van der Waals surface area contributed by atoms with Gasteiger partial charge >= 0.3 is 6.03 Å². The highest BCUT2D eigenvalue weighted by molar-refractivity contribution is 6.01. The summed E-state index contributed by atoms with van der Waals surface area (Å²) in [4.78, 5) is 29.4. The van der Waals surface area contributed by atoms with E-state index in [1.54, 1.807) is 11.9 Å². The van der Waals surface area contributed by atoms with Gasteiger partial charge in [-0.3, -0.25) is 9.69 Å². The Hall–Kier alpha value is -3.08. The van der Waals surface area contributed by atoms with Gasteiger partial charge in [-0.05, 0) is 55.0 Å². The van der Waals surface area contributed by atoms with Crippen LogP contribution < -0.4 is 5.32 Å². The monoisotopic (exact) mass is 389 g/mol. The zero-order chi connectivity index (χ0) is 20.7. The smallest absolute Gasteiger partial charge is 0.322 e. The molecule has 1 atom stereocenters. The molecule has 0 radical (unpaired) electrons. The molecule has 3 amide bonds. The van der Waals surface area contributed by atoms with Crippen LogP contribution in [0.3, 0.4) is 0 Å². The first-order chi connectivity index (χ1) is 13.9. The standard InChI is InChI=1S/C24H27N3O2/c1-15-12-17(3)19(13-16(15)2)22-21-20(26(4)24(29)25-22)14-27(23(21)28)11-10-18-8-6-5-7-9-18/h5-9,12-13,22H,10-11,14H2,1-4H3,(H,25,29). The highest BCUT2D eigenvalue weighted by Gasteiger charge is 2.43. The van der Waals surface area contributed by atoms with Gasteiger partial charge in [0, 0.05) is 13.6 Å². The van der Waals surface area contributed by atoms with Crippen LogP contribution in [0, 0.1) is 20.8 Å². The van der Waals surface area contributed by atoms with Crippen LogP contribution in [0.4, 0.5) is 4.79 Å². The van der Waals surface area contributed by atoms with E-state index in [9.17, 15) is 9.59 Å². The number of carbonyl (C=O) groups excluding carboxylic acids is 2. The highest BCUT2D eigenvalue weighted by atomic mass is 16.2. The fourth-order valence-electron chi connectivity index (χ4n) is 4.24. The lowest BCUT2D eigenvalue weighted by Crippen LogP contribution is -2.45. The van der Waals surface area contributed by atoms with Gasteiger partial charge in [-0.15, -0.1) is 0 Å². The van der Waals surface area contributed by atoms with E-state index < -0.39 is 6.04 Å². The zero-order valence-corrected chi connectivity index (χ0v) is 17.5. The highest BCUT2D eigenvalue weighted by Crippen LogP contribution is 2.37. The number of nitrogens with one attached hydrogen (secondary N) is 1. The van der Waals surface area contributed by atoms with E-state index in [4.69, 9.17) is 0 Å². The second kappa shape index (κ2) is 7.39. The number of hydrogen-bond donors (Lipinski definition) is 1. The molecule has 0 saturated carbocycles. The number of rotatable bonds is 4. The predicted molar refractivity (Wildman–Crippen MR) is 113 cm³/mol. The van der Waals surface area contributed by atoms with E-state index >= 15 is 0 Å². The molecule has 5 nitrogen and oxygen atoms in total. The van der Waals surface area contributed by atoms with Gasteiger partial charge in [0.1, 0.15) is 0 Å². The van der Waals surface area contributed by atoms with Crippen molar-refractivity contribution < 1.29 is 9.59 Å². The van der Waals surface area contributed by atoms with Crippen molar-refractivity contribution >= 4 is 11.9 Å². The third-order valence-corrected chi connectivity index (χ3v) is 6.14. The van der Waals surface area contributed by atoms with Crippen LogP contribution >= 0.6 is 0 Å². The average molecular weight is 389 g/mol. The minimum absolute atomic E-state index is 0.0189. The molecule has 2 aliphatic rings. The summed E-state index contributed by atoms with van der Waals surface area (Å²) in [6.45, 7) is 7.30. The minimum atomic E-state index is -0.401. The van der Waals surface area contributed by atoms with E-state index in [0.717, 1.165) is 28.8 Å². The van der Waals surface area contributed by atoms with Crippen LogP contribution in [-0.2, 0) is 11.2 Å². The lowest BCUT2D eigenvalue weighted by molar-refractivity contribution is -0.125. The molecule has 2 aromatic rings. The van der Waals surface area contributed by atoms with Crippen molar-refractivity contribution in [3.05, 3.63) is 81.6 Å². The molecular weight excluding hydrogens is 362 g/mol. The molecule has 0 fully saturated rings. The Morgan fingerprint density at radius 3 is 2.41 bits per heavy atom. The first kappa shape index (κ1) is 19.2. The lowest BCUT2D eigenvalue weighted by atomic mass is 9.90. The van der Waals surface area contributed by atoms with Crippen molar-refractivity contribution in [3.8, 4) is 0 Å². The molecule has 4 rings (SSSR count). The number of urea groups is 1. The molecule has 150 valence electrons. The Morgan fingerprint density at radius 2 is 1.69 bits per heavy atom. The normalized spacial score (nSPS) is 19.0. The summed E-state index contributed by atoms with van der Waals surface area (Å²) in [6.07, 6.45) is 0.797. The SMILES string of the molecule is Cc1cc(C)c(C2NC(=O)N(C)C3=C2C(=O)N(CCc2ccccc2)C3)cc1C. The van der Waals surface area contributed by atoms with Crippen LogP contribution in [-0.4, -0.2) is 41.9 Å². The molecule has 1 unspecified atom stereocenters. The Labute approximate surface area is 172 Å². The molecule has 0 bridgehead atoms. The average Bonchev–Trinajstić information content (AvgIpc) is 3.04. The Kier molecular flexibility index (Phi) is 4.91. The first-order valence-corrected chi connectivity index (χ1v) is 10.0. The van der Waals surface area contributed by atoms with Gasteiger partial charge in [0.25, 0.3) is 5.91 Å². The molecule has 0 spiro atoms. The maximum atomic E-state index is 13.4. The summed E-state index contributed by atoms with van der Waals surface area (Å²) in [5.41, 5.74) is 7.18. The number of aryl methyl sites for hydroxylation is 3. The summed E-state index contributed by atoms with van der Waals surface area (Å²) in [7, 11) is 1.74. The van der Waals surface area contributed by atoms with Gasteiger partial charge in [0.2, 0.25) is 0 Å². The van der Waals surface area contributed by atoms with Crippen LogP contribution in [0.2, 0.25) is 0 Å². The lowest BCUT2D eigenvalue weighted by Gasteiger charge is -2.32. The molecule has 2 heterocycles. The number of amides is 3. The van der Waals surface area contributed by atoms with Crippen molar-refractivity contribution in [2.45, 2.75) is 33.2 Å². The maximum absolute atomic E-state index is 13.4. The van der Waals surface area contributed by atoms with Gasteiger partial charge in [-0.2, -0.15) is 0 Å². The predicted octanol–water partition coefficient (Wildman–Crippen LogP) is 3.65. The van der Waals surface area contributed by atoms with Gasteiger partial charge in [0.15, 0.2) is 0 Å². The van der Waals surface area contributed by atoms with Crippen molar-refractivity contribution in [2.75, 3.05) is 20.1 Å². The summed E-state index contributed by atoms with van der Waals surface area (Å²) in [5.74, 6) is 0.0189. The van der Waals surface area contributed by atoms with E-state index in [2.05, 4.69) is 43.4 Å². The molecule has 29 heavy (non-hydrogen) atoms. The van der Waals surface area contributed by atoms with Crippen LogP contribution in [0.1, 0.15) is 33.9 Å². The number of likely N-dealkylation sites (N-methyl/N-ethyl adjacent to an activating group) is 1. The van der Waals surface area contributed by atoms with Gasteiger partial charge in [0.05, 0.1) is 23.9 Å². The fourth-order valence-corrected chi connectivity index (χ4v) is 4.24. The summed E-state index contributed by atoms with van der Waals surface area (Å²) in [6, 6.07) is 13.8. The first-order valence-electron chi connectivity index (χ1n) is 10.0. The van der Waals surface area contributed by atoms with Crippen molar-refractivity contribution in [1.82, 2.24) is 15.1 Å². The number of hydrogen-bond acceptors (Lipinski definition) is 2. The molecule has 0 saturated heterocycles. The van der Waals surface area contributed by atoms with Gasteiger partial charge in [-0.1, -0.05) is 42.5 Å². The molecule has 1 N–H and O–H groups in total. The number of nitrogens with zero attached hydrogens (tertiary/aromatic N) is 2. The van der Waals surface area contributed by atoms with Crippen LogP contribution in [0.15, 0.2) is 53.7 Å². The van der Waals surface area contributed by atoms with Crippen LogP contribution in [0.5, 0.6) is 0 Å². The zero-order valence-electron chi connectivity index (χ0n) is 17.5. The summed E-state index contributed by atoms with van der Waals surface area (Å²) in [5, 5.41) is 3.05. The minimum Gasteiger partial charge on any atom is -0.333 e. The Morgan fingerprint density at radius 1 is 1.00 bits per heavy atom. The summed E-state index contributed by atoms with van der Waals surface area (Å²) < 4.78 is 0.